The summed E-state index contributed by atoms with van der Waals surface area (Å²) in [5.41, 5.74) is 1.01. The third kappa shape index (κ3) is 32.3. The highest BCUT2D eigenvalue weighted by Crippen LogP contribution is 2.14. The molecule has 0 amide bonds. The molecule has 0 N–H and O–H groups in total. The normalized spacial score (nSPS) is 11.3. The molecule has 0 saturated heterocycles. The van der Waals surface area contributed by atoms with Gasteiger partial charge in [-0.25, -0.2) is 9.59 Å². The highest BCUT2D eigenvalue weighted by atomic mass is 32.3. The van der Waals surface area contributed by atoms with E-state index >= 15 is 0 Å². The molecule has 0 aliphatic heterocycles. The van der Waals surface area contributed by atoms with Crippen LogP contribution in [-0.4, -0.2) is 33.6 Å². The largest absolute Gasteiger partial charge is 0.488 e. The van der Waals surface area contributed by atoms with Gasteiger partial charge in [0.15, 0.2) is 0 Å². The minimum Gasteiger partial charge on any atom is -0.462 e. The molecule has 2 aromatic rings. The second-order valence-electron chi connectivity index (χ2n) is 9.83. The van der Waals surface area contributed by atoms with Gasteiger partial charge in [0, 0.05) is 12.2 Å². The first kappa shape index (κ1) is 47.9. The lowest BCUT2D eigenvalue weighted by molar-refractivity contribution is -0.140. The quantitative estimate of drug-likeness (QED) is 0.0932. The average molecular weight is 681 g/mol. The molecule has 2 rings (SSSR count). The van der Waals surface area contributed by atoms with Gasteiger partial charge in [0.2, 0.25) is 0 Å². The molecule has 0 bridgehead atoms. The number of para-hydroxylation sites is 1. The van der Waals surface area contributed by atoms with E-state index in [4.69, 9.17) is 9.47 Å². The van der Waals surface area contributed by atoms with Crippen molar-refractivity contribution in [3.05, 3.63) is 85.0 Å². The van der Waals surface area contributed by atoms with E-state index in [-0.39, 0.29) is 17.7 Å². The highest BCUT2D eigenvalue weighted by molar-refractivity contribution is 7.81. The van der Waals surface area contributed by atoms with Crippen LogP contribution in [0.5, 0.6) is 5.75 Å². The molecule has 47 heavy (non-hydrogen) atoms. The first-order valence-corrected chi connectivity index (χ1v) is 18.3. The van der Waals surface area contributed by atoms with Crippen molar-refractivity contribution in [1.29, 1.82) is 0 Å². The topological polar surface area (TPSA) is 96.0 Å². The summed E-state index contributed by atoms with van der Waals surface area (Å²) < 4.78 is 45.8. The number of carbonyl (C=O) groups excluding carboxylic acids is 2. The van der Waals surface area contributed by atoms with Crippen LogP contribution < -0.4 is 4.18 Å². The van der Waals surface area contributed by atoms with Crippen molar-refractivity contribution in [2.75, 3.05) is 13.2 Å². The molecule has 0 aliphatic carbocycles. The molecule has 0 fully saturated rings. The number of ether oxygens (including phenoxy) is 2. The van der Waals surface area contributed by atoms with Crippen LogP contribution in [0.3, 0.4) is 0 Å². The average Bonchev–Trinajstić information content (AvgIpc) is 3.10. The molecule has 0 heterocycles. The van der Waals surface area contributed by atoms with Crippen LogP contribution in [0.15, 0.2) is 79.4 Å². The summed E-state index contributed by atoms with van der Waals surface area (Å²) in [6.45, 7) is 21.1. The number of carbonyl (C=O) groups is 2. The standard InChI is InChI=1S/C17H24O2.C11H20O2.C6H5FO3S.2C2H6/c1-3-5-9-15(4-2)14-19-17(18)13-12-16-10-7-6-8-11-16;1-4-7-8-10(5-2)9-13-11(12)6-3;7-11(8,9)10-6-4-2-1-3-5-6;2*1-2/h6-8,10-13,15H,3-5,9,14H2,1-2H3;6,10H,3-5,7-9H2,1-2H3;1-5H;2*1-2H3/b13-12+;;;;. The van der Waals surface area contributed by atoms with E-state index in [1.165, 1.54) is 50.0 Å². The Kier molecular flexibility index (Phi) is 34.6. The Morgan fingerprint density at radius 1 is 0.745 bits per heavy atom. The van der Waals surface area contributed by atoms with E-state index in [0.717, 1.165) is 31.2 Å². The zero-order valence-electron chi connectivity index (χ0n) is 30.1. The molecule has 2 aromatic carbocycles. The fourth-order valence-electron chi connectivity index (χ4n) is 3.62. The van der Waals surface area contributed by atoms with Crippen LogP contribution in [0.1, 0.15) is 112 Å². The predicted octanol–water partition coefficient (Wildman–Crippen LogP) is 10.7. The van der Waals surface area contributed by atoms with E-state index in [0.29, 0.717) is 25.0 Å². The Morgan fingerprint density at radius 3 is 1.55 bits per heavy atom. The van der Waals surface area contributed by atoms with Gasteiger partial charge in [0.05, 0.1) is 13.2 Å². The van der Waals surface area contributed by atoms with Crippen molar-refractivity contribution < 1.29 is 35.5 Å². The molecule has 2 atom stereocenters. The number of hydrogen-bond donors (Lipinski definition) is 0. The zero-order valence-corrected chi connectivity index (χ0v) is 30.9. The minimum atomic E-state index is -4.88. The number of esters is 2. The second kappa shape index (κ2) is 33.9. The minimum absolute atomic E-state index is 0.0324. The molecule has 9 heteroatoms. The number of hydrogen-bond acceptors (Lipinski definition) is 7. The van der Waals surface area contributed by atoms with Crippen molar-refractivity contribution in [2.45, 2.75) is 107 Å². The Balaban J connectivity index is -0.000000608. The Labute approximate surface area is 286 Å². The maximum Gasteiger partial charge on any atom is 0.488 e. The van der Waals surface area contributed by atoms with Crippen molar-refractivity contribution in [1.82, 2.24) is 0 Å². The van der Waals surface area contributed by atoms with E-state index < -0.39 is 10.5 Å². The monoisotopic (exact) mass is 680 g/mol. The lowest BCUT2D eigenvalue weighted by Gasteiger charge is -2.13. The van der Waals surface area contributed by atoms with Crippen molar-refractivity contribution in [3.63, 3.8) is 0 Å². The Bertz CT molecular complexity index is 1140. The van der Waals surface area contributed by atoms with Crippen LogP contribution in [0.2, 0.25) is 0 Å². The summed E-state index contributed by atoms with van der Waals surface area (Å²) in [7, 11) is -4.88. The molecule has 7 nitrogen and oxygen atoms in total. The Hall–Kier alpha value is -3.46. The van der Waals surface area contributed by atoms with Crippen LogP contribution >= 0.6 is 0 Å². The van der Waals surface area contributed by atoms with E-state index in [2.05, 4.69) is 38.5 Å². The molecule has 0 radical (unpaired) electrons. The predicted molar refractivity (Wildman–Crippen MR) is 194 cm³/mol. The summed E-state index contributed by atoms with van der Waals surface area (Å²) >= 11 is 0. The summed E-state index contributed by atoms with van der Waals surface area (Å²) in [5, 5.41) is 0. The van der Waals surface area contributed by atoms with Gasteiger partial charge in [0.25, 0.3) is 0 Å². The molecule has 0 spiro atoms. The van der Waals surface area contributed by atoms with Gasteiger partial charge >= 0.3 is 22.4 Å². The maximum absolute atomic E-state index is 11.8. The number of unbranched alkanes of at least 4 members (excludes halogenated alkanes) is 2. The number of rotatable bonds is 17. The molecular weight excluding hydrogens is 619 g/mol. The van der Waals surface area contributed by atoms with Gasteiger partial charge in [-0.3, -0.25) is 0 Å². The molecule has 268 valence electrons. The fourth-order valence-corrected chi connectivity index (χ4v) is 3.96. The van der Waals surface area contributed by atoms with Gasteiger partial charge in [-0.05, 0) is 48.4 Å². The summed E-state index contributed by atoms with van der Waals surface area (Å²) in [6, 6.07) is 17.2. The molecular formula is C38H61FO7S. The first-order chi connectivity index (χ1) is 22.6. The Morgan fingerprint density at radius 2 is 1.17 bits per heavy atom. The lowest BCUT2D eigenvalue weighted by Crippen LogP contribution is -2.12. The molecule has 0 saturated carbocycles. The van der Waals surface area contributed by atoms with Crippen molar-refractivity contribution >= 4 is 28.5 Å². The lowest BCUT2D eigenvalue weighted by atomic mass is 10.0. The maximum atomic E-state index is 11.8. The van der Waals surface area contributed by atoms with Crippen LogP contribution in [0.4, 0.5) is 3.89 Å². The van der Waals surface area contributed by atoms with Crippen molar-refractivity contribution in [3.8, 4) is 5.75 Å². The third-order valence-electron chi connectivity index (χ3n) is 6.33. The summed E-state index contributed by atoms with van der Waals surface area (Å²) in [4.78, 5) is 22.4. The van der Waals surface area contributed by atoms with Gasteiger partial charge in [-0.2, -0.15) is 8.42 Å². The smallest absolute Gasteiger partial charge is 0.462 e. The van der Waals surface area contributed by atoms with Crippen LogP contribution in [0.25, 0.3) is 6.08 Å². The third-order valence-corrected chi connectivity index (χ3v) is 6.72. The van der Waals surface area contributed by atoms with Gasteiger partial charge in [-0.1, -0.05) is 153 Å². The summed E-state index contributed by atoms with van der Waals surface area (Å²) in [6.07, 6.45) is 13.7. The number of halogens is 1. The molecule has 0 aliphatic rings. The highest BCUT2D eigenvalue weighted by Gasteiger charge is 2.09. The fraction of sp³-hybridized carbons (Fsp3) is 0.526. The van der Waals surface area contributed by atoms with Crippen LogP contribution in [0, 0.1) is 11.8 Å². The number of benzene rings is 2. The second-order valence-corrected chi connectivity index (χ2v) is 10.8. The zero-order chi connectivity index (χ0) is 36.3. The van der Waals surface area contributed by atoms with E-state index in [1.54, 1.807) is 24.3 Å². The van der Waals surface area contributed by atoms with E-state index in [1.807, 2.05) is 58.0 Å². The molecule has 2 unspecified atom stereocenters. The van der Waals surface area contributed by atoms with Gasteiger partial charge in [0.1, 0.15) is 5.75 Å². The van der Waals surface area contributed by atoms with Gasteiger partial charge in [-0.15, -0.1) is 0 Å². The SMILES string of the molecule is C=CC(=O)OCC(CC)CCCC.CC.CC.CCCCC(CC)COC(=O)/C=C/c1ccccc1.O=S(=O)(F)Oc1ccccc1. The first-order valence-electron chi connectivity index (χ1n) is 17.0. The van der Waals surface area contributed by atoms with Crippen LogP contribution in [-0.2, 0) is 29.6 Å². The summed E-state index contributed by atoms with van der Waals surface area (Å²) in [5.74, 6) is 0.418. The van der Waals surface area contributed by atoms with Crippen molar-refractivity contribution in [2.24, 2.45) is 11.8 Å². The van der Waals surface area contributed by atoms with Gasteiger partial charge < -0.3 is 13.7 Å². The molecule has 0 aromatic heterocycles. The van der Waals surface area contributed by atoms with E-state index in [9.17, 15) is 21.9 Å².